The van der Waals surface area contributed by atoms with Crippen molar-refractivity contribution in [3.8, 4) is 0 Å². The number of H-pyrrole nitrogens is 1. The lowest BCUT2D eigenvalue weighted by molar-refractivity contribution is -0.113. The lowest BCUT2D eigenvalue weighted by atomic mass is 10.2. The van der Waals surface area contributed by atoms with Crippen molar-refractivity contribution >= 4 is 29.7 Å². The molecule has 0 bridgehead atoms. The number of anilines is 1. The van der Waals surface area contributed by atoms with Crippen molar-refractivity contribution in [1.82, 2.24) is 9.88 Å². The highest BCUT2D eigenvalue weighted by molar-refractivity contribution is 7.97. The second-order valence-corrected chi connectivity index (χ2v) is 5.09. The van der Waals surface area contributed by atoms with Crippen LogP contribution < -0.4 is 15.7 Å². The van der Waals surface area contributed by atoms with Gasteiger partial charge >= 0.3 is 5.63 Å². The van der Waals surface area contributed by atoms with Crippen LogP contribution >= 0.6 is 11.9 Å². The van der Waals surface area contributed by atoms with Gasteiger partial charge in [-0.1, -0.05) is 18.2 Å². The molecule has 3 rings (SSSR count). The molecule has 20 heavy (non-hydrogen) atoms. The van der Waals surface area contributed by atoms with E-state index in [9.17, 15) is 9.59 Å². The highest BCUT2D eigenvalue weighted by atomic mass is 32.2. The first-order chi connectivity index (χ1) is 9.65. The van der Waals surface area contributed by atoms with Crippen LogP contribution in [0.2, 0.25) is 0 Å². The van der Waals surface area contributed by atoms with Gasteiger partial charge in [-0.05, 0) is 36.6 Å². The average molecular weight is 289 g/mol. The van der Waals surface area contributed by atoms with Crippen LogP contribution in [-0.2, 0) is 4.79 Å². The van der Waals surface area contributed by atoms with E-state index in [1.807, 2.05) is 24.3 Å². The van der Waals surface area contributed by atoms with E-state index in [2.05, 4.69) is 19.7 Å². The second-order valence-electron chi connectivity index (χ2n) is 4.25. The third-order valence-electron chi connectivity index (χ3n) is 2.90. The molecule has 0 radical (unpaired) electrons. The molecule has 102 valence electrons. The molecule has 1 aliphatic heterocycles. The number of benzene rings is 1. The zero-order chi connectivity index (χ0) is 14.1. The first kappa shape index (κ1) is 12.6. The molecule has 0 saturated heterocycles. The van der Waals surface area contributed by atoms with E-state index in [1.54, 1.807) is 13.0 Å². The summed E-state index contributed by atoms with van der Waals surface area (Å²) in [4.78, 5) is 24.4. The Kier molecular flexibility index (Phi) is 3.11. The van der Waals surface area contributed by atoms with Crippen molar-refractivity contribution in [1.29, 1.82) is 0 Å². The summed E-state index contributed by atoms with van der Waals surface area (Å²) in [6.45, 7) is 1.57. The molecule has 1 aromatic heterocycles. The van der Waals surface area contributed by atoms with Gasteiger partial charge in [0.1, 0.15) is 5.70 Å². The standard InChI is InChI=1S/C13H11N3O3S/c1-7-11(15-19-13(7)18)14-12(17)9-6-8-4-2-3-5-10(8)20-16-9/h2-6,15-16H,1H3,(H,14,17). The molecule has 2 aromatic rings. The molecule has 1 amide bonds. The lowest BCUT2D eigenvalue weighted by Crippen LogP contribution is -2.24. The van der Waals surface area contributed by atoms with E-state index in [0.29, 0.717) is 11.3 Å². The highest BCUT2D eigenvalue weighted by Crippen LogP contribution is 2.27. The van der Waals surface area contributed by atoms with E-state index in [0.717, 1.165) is 10.5 Å². The summed E-state index contributed by atoms with van der Waals surface area (Å²) in [5.41, 5.74) is 1.22. The van der Waals surface area contributed by atoms with Crippen molar-refractivity contribution in [2.75, 3.05) is 5.32 Å². The van der Waals surface area contributed by atoms with Crippen molar-refractivity contribution in [2.45, 2.75) is 11.8 Å². The maximum absolute atomic E-state index is 12.1. The topological polar surface area (TPSA) is 87.1 Å². The fourth-order valence-electron chi connectivity index (χ4n) is 1.75. The number of carbonyl (C=O) groups is 1. The Morgan fingerprint density at radius 3 is 2.90 bits per heavy atom. The molecule has 2 heterocycles. The Morgan fingerprint density at radius 1 is 1.35 bits per heavy atom. The third-order valence-corrected chi connectivity index (χ3v) is 3.81. The number of rotatable bonds is 2. The Bertz CT molecular complexity index is 760. The normalized spacial score (nSPS) is 13.2. The lowest BCUT2D eigenvalue weighted by Gasteiger charge is -2.16. The SMILES string of the molecule is Cc1c(NC(=O)C2=Cc3ccccc3SN2)[nH]oc1=O. The molecule has 0 aliphatic carbocycles. The van der Waals surface area contributed by atoms with Crippen LogP contribution in [0.5, 0.6) is 0 Å². The fourth-order valence-corrected chi connectivity index (χ4v) is 2.52. The zero-order valence-electron chi connectivity index (χ0n) is 10.5. The van der Waals surface area contributed by atoms with Crippen LogP contribution in [-0.4, -0.2) is 11.1 Å². The first-order valence-corrected chi connectivity index (χ1v) is 6.70. The molecule has 0 fully saturated rings. The van der Waals surface area contributed by atoms with Gasteiger partial charge in [-0.3, -0.25) is 4.79 Å². The summed E-state index contributed by atoms with van der Waals surface area (Å²) < 4.78 is 7.56. The molecule has 0 unspecified atom stereocenters. The number of hydrogen-bond acceptors (Lipinski definition) is 5. The Morgan fingerprint density at radius 2 is 2.15 bits per heavy atom. The van der Waals surface area contributed by atoms with Crippen molar-refractivity contribution in [3.63, 3.8) is 0 Å². The fraction of sp³-hybridized carbons (Fsp3) is 0.0769. The van der Waals surface area contributed by atoms with Gasteiger partial charge in [0.05, 0.1) is 5.56 Å². The van der Waals surface area contributed by atoms with Gasteiger partial charge in [-0.15, -0.1) is 0 Å². The number of aromatic amines is 1. The van der Waals surface area contributed by atoms with E-state index in [-0.39, 0.29) is 11.7 Å². The predicted octanol–water partition coefficient (Wildman–Crippen LogP) is 1.87. The molecule has 0 atom stereocenters. The van der Waals surface area contributed by atoms with Gasteiger partial charge in [0.15, 0.2) is 5.82 Å². The number of aromatic nitrogens is 1. The van der Waals surface area contributed by atoms with Crippen molar-refractivity contribution in [3.05, 3.63) is 51.5 Å². The summed E-state index contributed by atoms with van der Waals surface area (Å²) >= 11 is 1.37. The molecular formula is C13H11N3O3S. The van der Waals surface area contributed by atoms with Crippen molar-refractivity contribution in [2.24, 2.45) is 0 Å². The van der Waals surface area contributed by atoms with Crippen LogP contribution in [0, 0.1) is 6.92 Å². The predicted molar refractivity (Wildman–Crippen MR) is 76.1 cm³/mol. The smallest absolute Gasteiger partial charge is 0.337 e. The van der Waals surface area contributed by atoms with Crippen LogP contribution in [0.25, 0.3) is 6.08 Å². The molecule has 1 aliphatic rings. The van der Waals surface area contributed by atoms with Gasteiger partial charge in [-0.25, -0.2) is 9.95 Å². The largest absolute Gasteiger partial charge is 0.362 e. The van der Waals surface area contributed by atoms with E-state index < -0.39 is 5.63 Å². The number of carbonyl (C=O) groups excluding carboxylic acids is 1. The average Bonchev–Trinajstić information content (AvgIpc) is 2.78. The maximum Gasteiger partial charge on any atom is 0.362 e. The molecule has 7 heteroatoms. The maximum atomic E-state index is 12.1. The molecule has 0 saturated carbocycles. The summed E-state index contributed by atoms with van der Waals surface area (Å²) in [5.74, 6) is -0.0706. The molecule has 1 aromatic carbocycles. The van der Waals surface area contributed by atoms with Crippen LogP contribution in [0.3, 0.4) is 0 Å². The molecule has 6 nitrogen and oxygen atoms in total. The number of hydrogen-bond donors (Lipinski definition) is 3. The molecular weight excluding hydrogens is 278 g/mol. The highest BCUT2D eigenvalue weighted by Gasteiger charge is 2.18. The minimum atomic E-state index is -0.495. The number of amides is 1. The second kappa shape index (κ2) is 4.93. The molecule has 0 spiro atoms. The van der Waals surface area contributed by atoms with E-state index in [4.69, 9.17) is 0 Å². The van der Waals surface area contributed by atoms with Crippen molar-refractivity contribution < 1.29 is 9.32 Å². The Labute approximate surface area is 118 Å². The minimum absolute atomic E-state index is 0.270. The third kappa shape index (κ3) is 2.23. The Hall–Kier alpha value is -2.41. The van der Waals surface area contributed by atoms with Gasteiger partial charge in [-0.2, -0.15) is 0 Å². The number of fused-ring (bicyclic) bond motifs is 1. The summed E-state index contributed by atoms with van der Waals surface area (Å²) in [7, 11) is 0. The Balaban J connectivity index is 1.84. The molecule has 3 N–H and O–H groups in total. The quantitative estimate of drug-likeness (QED) is 0.735. The van der Waals surface area contributed by atoms with Gasteiger partial charge < -0.3 is 14.6 Å². The first-order valence-electron chi connectivity index (χ1n) is 5.88. The van der Waals surface area contributed by atoms with Crippen LogP contribution in [0.1, 0.15) is 11.1 Å². The number of nitrogens with one attached hydrogen (secondary N) is 3. The zero-order valence-corrected chi connectivity index (χ0v) is 11.3. The van der Waals surface area contributed by atoms with Gasteiger partial charge in [0.2, 0.25) is 0 Å². The summed E-state index contributed by atoms with van der Waals surface area (Å²) in [5, 5.41) is 4.98. The summed E-state index contributed by atoms with van der Waals surface area (Å²) in [6.07, 6.45) is 1.76. The van der Waals surface area contributed by atoms with E-state index >= 15 is 0 Å². The van der Waals surface area contributed by atoms with Gasteiger partial charge in [0, 0.05) is 4.90 Å². The van der Waals surface area contributed by atoms with Crippen LogP contribution in [0.4, 0.5) is 5.82 Å². The minimum Gasteiger partial charge on any atom is -0.337 e. The monoisotopic (exact) mass is 289 g/mol. The van der Waals surface area contributed by atoms with Gasteiger partial charge in [0.25, 0.3) is 5.91 Å². The summed E-state index contributed by atoms with van der Waals surface area (Å²) in [6, 6.07) is 7.75. The van der Waals surface area contributed by atoms with Crippen LogP contribution in [0.15, 0.2) is 44.2 Å². The van der Waals surface area contributed by atoms with E-state index in [1.165, 1.54) is 11.9 Å².